The summed E-state index contributed by atoms with van der Waals surface area (Å²) >= 11 is 0. The van der Waals surface area contributed by atoms with Crippen LogP contribution in [-0.2, 0) is 11.8 Å². The molecule has 1 rings (SSSR count). The number of aromatic nitrogens is 2. The summed E-state index contributed by atoms with van der Waals surface area (Å²) in [5.74, 6) is -0.145. The molecule has 0 saturated heterocycles. The van der Waals surface area contributed by atoms with Gasteiger partial charge in [-0.1, -0.05) is 0 Å². The summed E-state index contributed by atoms with van der Waals surface area (Å²) in [6.07, 6.45) is 0.370. The van der Waals surface area contributed by atoms with Gasteiger partial charge in [-0.15, -0.1) is 0 Å². The van der Waals surface area contributed by atoms with Gasteiger partial charge in [-0.05, 0) is 6.92 Å². The van der Waals surface area contributed by atoms with Gasteiger partial charge in [0.25, 0.3) is 5.91 Å². The highest BCUT2D eigenvalue weighted by Crippen LogP contribution is 2.15. The Labute approximate surface area is 75.3 Å². The maximum atomic E-state index is 11.0. The zero-order valence-electron chi connectivity index (χ0n) is 7.48. The van der Waals surface area contributed by atoms with Crippen LogP contribution in [0.4, 0.5) is 11.5 Å². The van der Waals surface area contributed by atoms with Crippen molar-refractivity contribution >= 4 is 17.4 Å². The lowest BCUT2D eigenvalue weighted by molar-refractivity contribution is -0.123. The molecule has 0 saturated carbocycles. The van der Waals surface area contributed by atoms with Gasteiger partial charge in [0, 0.05) is 7.05 Å². The van der Waals surface area contributed by atoms with Crippen molar-refractivity contribution in [1.82, 2.24) is 9.78 Å². The summed E-state index contributed by atoms with van der Waals surface area (Å²) in [5.41, 5.74) is 5.97. The van der Waals surface area contributed by atoms with E-state index in [2.05, 4.69) is 10.4 Å². The summed E-state index contributed by atoms with van der Waals surface area (Å²) in [7, 11) is 1.66. The predicted octanol–water partition coefficient (Wildman–Crippen LogP) is -0.678. The smallest absolute Gasteiger partial charge is 0.253 e. The van der Waals surface area contributed by atoms with Gasteiger partial charge in [-0.2, -0.15) is 5.10 Å². The monoisotopic (exact) mass is 184 g/mol. The molecule has 1 heterocycles. The van der Waals surface area contributed by atoms with Crippen molar-refractivity contribution in [3.05, 3.63) is 6.20 Å². The molecule has 1 atom stereocenters. The number of hydrogen-bond acceptors (Lipinski definition) is 4. The molecule has 0 spiro atoms. The lowest BCUT2D eigenvalue weighted by atomic mass is 10.3. The van der Waals surface area contributed by atoms with Crippen LogP contribution in [0, 0.1) is 0 Å². The van der Waals surface area contributed by atoms with Crippen LogP contribution in [0.25, 0.3) is 0 Å². The Morgan fingerprint density at radius 2 is 2.46 bits per heavy atom. The second kappa shape index (κ2) is 3.44. The molecule has 0 aromatic carbocycles. The number of carbonyl (C=O) groups is 1. The van der Waals surface area contributed by atoms with E-state index in [1.165, 1.54) is 17.8 Å². The number of nitrogens with one attached hydrogen (secondary N) is 1. The minimum absolute atomic E-state index is 0.356. The van der Waals surface area contributed by atoms with Crippen molar-refractivity contribution in [3.8, 4) is 0 Å². The van der Waals surface area contributed by atoms with Gasteiger partial charge in [0.1, 0.15) is 17.6 Å². The Bertz CT molecular complexity index is 318. The van der Waals surface area contributed by atoms with E-state index in [0.29, 0.717) is 11.5 Å². The summed E-state index contributed by atoms with van der Waals surface area (Å²) in [5, 5.41) is 15.2. The third kappa shape index (κ3) is 1.97. The van der Waals surface area contributed by atoms with E-state index in [4.69, 9.17) is 10.8 Å². The molecule has 6 nitrogen and oxygen atoms in total. The zero-order valence-corrected chi connectivity index (χ0v) is 7.48. The third-order valence-corrected chi connectivity index (χ3v) is 1.62. The first-order chi connectivity index (χ1) is 6.02. The Morgan fingerprint density at radius 3 is 2.85 bits per heavy atom. The number of aryl methyl sites for hydroxylation is 1. The molecular formula is C7H12N4O2. The average Bonchev–Trinajstić information content (AvgIpc) is 2.36. The molecule has 0 fully saturated rings. The summed E-state index contributed by atoms with van der Waals surface area (Å²) in [6, 6.07) is 0. The molecule has 0 bridgehead atoms. The zero-order chi connectivity index (χ0) is 10.0. The van der Waals surface area contributed by atoms with Crippen LogP contribution in [-0.4, -0.2) is 26.9 Å². The van der Waals surface area contributed by atoms with Crippen molar-refractivity contribution in [3.63, 3.8) is 0 Å². The minimum atomic E-state index is -1.06. The van der Waals surface area contributed by atoms with E-state index in [1.54, 1.807) is 7.05 Å². The highest BCUT2D eigenvalue weighted by Gasteiger charge is 2.12. The molecule has 1 amide bonds. The first kappa shape index (κ1) is 9.53. The molecule has 0 aliphatic heterocycles. The standard InChI is InChI=1S/C7H12N4O2/c1-4(12)7(13)10-5-3-9-11(2)6(5)8/h3-4,12H,8H2,1-2H3,(H,10,13). The number of aliphatic hydroxyl groups excluding tert-OH is 1. The topological polar surface area (TPSA) is 93.2 Å². The highest BCUT2D eigenvalue weighted by molar-refractivity contribution is 5.95. The molecule has 0 aliphatic carbocycles. The average molecular weight is 184 g/mol. The fourth-order valence-electron chi connectivity index (χ4n) is 0.780. The number of hydrogen-bond donors (Lipinski definition) is 3. The fourth-order valence-corrected chi connectivity index (χ4v) is 0.780. The largest absolute Gasteiger partial charge is 0.384 e. The first-order valence-electron chi connectivity index (χ1n) is 3.78. The Kier molecular flexibility index (Phi) is 2.52. The van der Waals surface area contributed by atoms with Crippen LogP contribution in [0.3, 0.4) is 0 Å². The number of nitrogens with two attached hydrogens (primary N) is 1. The van der Waals surface area contributed by atoms with Crippen LogP contribution in [0.2, 0.25) is 0 Å². The molecule has 4 N–H and O–H groups in total. The van der Waals surface area contributed by atoms with Gasteiger partial charge in [0.2, 0.25) is 0 Å². The molecule has 13 heavy (non-hydrogen) atoms. The van der Waals surface area contributed by atoms with E-state index < -0.39 is 12.0 Å². The molecule has 0 aliphatic rings. The normalized spacial score (nSPS) is 12.5. The molecule has 0 radical (unpaired) electrons. The maximum Gasteiger partial charge on any atom is 0.253 e. The number of aliphatic hydroxyl groups is 1. The number of rotatable bonds is 2. The number of nitrogen functional groups attached to an aromatic ring is 1. The quantitative estimate of drug-likeness (QED) is 0.567. The Balaban J connectivity index is 2.75. The van der Waals surface area contributed by atoms with Gasteiger partial charge in [-0.25, -0.2) is 0 Å². The van der Waals surface area contributed by atoms with Crippen molar-refractivity contribution in [2.75, 3.05) is 11.1 Å². The second-order valence-corrected chi connectivity index (χ2v) is 2.73. The molecular weight excluding hydrogens is 172 g/mol. The number of anilines is 2. The summed E-state index contributed by atoms with van der Waals surface area (Å²) in [6.45, 7) is 1.38. The van der Waals surface area contributed by atoms with Gasteiger partial charge in [0.05, 0.1) is 6.20 Å². The first-order valence-corrected chi connectivity index (χ1v) is 3.78. The van der Waals surface area contributed by atoms with Gasteiger partial charge >= 0.3 is 0 Å². The van der Waals surface area contributed by atoms with Crippen molar-refractivity contribution in [2.45, 2.75) is 13.0 Å². The van der Waals surface area contributed by atoms with Crippen molar-refractivity contribution in [1.29, 1.82) is 0 Å². The number of carbonyl (C=O) groups excluding carboxylic acids is 1. The van der Waals surface area contributed by atoms with Crippen molar-refractivity contribution in [2.24, 2.45) is 7.05 Å². The van der Waals surface area contributed by atoms with Gasteiger partial charge in [0.15, 0.2) is 0 Å². The SMILES string of the molecule is CC(O)C(=O)Nc1cnn(C)c1N. The molecule has 72 valence electrons. The van der Waals surface area contributed by atoms with Gasteiger partial charge < -0.3 is 16.2 Å². The van der Waals surface area contributed by atoms with Crippen LogP contribution in [0.1, 0.15) is 6.92 Å². The second-order valence-electron chi connectivity index (χ2n) is 2.73. The molecule has 1 unspecified atom stereocenters. The molecule has 1 aromatic heterocycles. The summed E-state index contributed by atoms with van der Waals surface area (Å²) in [4.78, 5) is 11.0. The van der Waals surface area contributed by atoms with E-state index in [1.807, 2.05) is 0 Å². The fraction of sp³-hybridized carbons (Fsp3) is 0.429. The highest BCUT2D eigenvalue weighted by atomic mass is 16.3. The van der Waals surface area contributed by atoms with E-state index in [0.717, 1.165) is 0 Å². The number of nitrogens with zero attached hydrogens (tertiary/aromatic N) is 2. The van der Waals surface area contributed by atoms with Crippen LogP contribution < -0.4 is 11.1 Å². The van der Waals surface area contributed by atoms with Crippen LogP contribution in [0.15, 0.2) is 6.20 Å². The minimum Gasteiger partial charge on any atom is -0.384 e. The van der Waals surface area contributed by atoms with Crippen LogP contribution in [0.5, 0.6) is 0 Å². The van der Waals surface area contributed by atoms with E-state index >= 15 is 0 Å². The van der Waals surface area contributed by atoms with E-state index in [9.17, 15) is 4.79 Å². The lowest BCUT2D eigenvalue weighted by Gasteiger charge is -2.05. The Morgan fingerprint density at radius 1 is 1.85 bits per heavy atom. The Hall–Kier alpha value is -1.56. The summed E-state index contributed by atoms with van der Waals surface area (Å²) < 4.78 is 1.43. The van der Waals surface area contributed by atoms with Crippen molar-refractivity contribution < 1.29 is 9.90 Å². The molecule has 1 aromatic rings. The van der Waals surface area contributed by atoms with Gasteiger partial charge in [-0.3, -0.25) is 9.48 Å². The number of amides is 1. The lowest BCUT2D eigenvalue weighted by Crippen LogP contribution is -2.24. The van der Waals surface area contributed by atoms with Crippen LogP contribution >= 0.6 is 0 Å². The predicted molar refractivity (Wildman–Crippen MR) is 47.9 cm³/mol. The maximum absolute atomic E-state index is 11.0. The molecule has 6 heteroatoms. The third-order valence-electron chi connectivity index (χ3n) is 1.62. The van der Waals surface area contributed by atoms with E-state index in [-0.39, 0.29) is 0 Å².